The SMILES string of the molecule is Cc1ccc(S(=O)(=O)[SH](C)(=O)c2ccc([C@H]3CC4(C)C(CC[C@@]4(O)C(C)(F)C(C)(F)F)C4CCC5=CC(=O)CCC5=C43)cc2)cc1. The molecule has 0 aliphatic heterocycles. The fourth-order valence-corrected chi connectivity index (χ4v) is 13.7. The van der Waals surface area contributed by atoms with Crippen LogP contribution in [0.4, 0.5) is 13.2 Å². The average molecular weight is 677 g/mol. The van der Waals surface area contributed by atoms with Gasteiger partial charge in [0.05, 0.1) is 4.90 Å². The summed E-state index contributed by atoms with van der Waals surface area (Å²) in [5.74, 6) is -4.45. The molecule has 6 atom stereocenters. The summed E-state index contributed by atoms with van der Waals surface area (Å²) in [6, 6.07) is 12.8. The van der Waals surface area contributed by atoms with E-state index in [1.54, 1.807) is 49.4 Å². The van der Waals surface area contributed by atoms with Gasteiger partial charge in [-0.15, -0.1) is 0 Å². The van der Waals surface area contributed by atoms with E-state index in [0.717, 1.165) is 34.8 Å². The molecule has 0 aromatic heterocycles. The van der Waals surface area contributed by atoms with E-state index in [9.17, 15) is 31.3 Å². The van der Waals surface area contributed by atoms with Crippen molar-refractivity contribution in [3.63, 3.8) is 0 Å². The van der Waals surface area contributed by atoms with Crippen molar-refractivity contribution in [3.05, 3.63) is 82.5 Å². The lowest BCUT2D eigenvalue weighted by atomic mass is 9.49. The summed E-state index contributed by atoms with van der Waals surface area (Å²) in [6.07, 6.45) is 5.71. The van der Waals surface area contributed by atoms with Crippen molar-refractivity contribution in [2.24, 2.45) is 17.3 Å². The van der Waals surface area contributed by atoms with Crippen LogP contribution in [0.2, 0.25) is 0 Å². The largest absolute Gasteiger partial charge is 0.386 e. The highest BCUT2D eigenvalue weighted by molar-refractivity contribution is 8.72. The van der Waals surface area contributed by atoms with Gasteiger partial charge < -0.3 is 5.11 Å². The van der Waals surface area contributed by atoms with E-state index < -0.39 is 46.4 Å². The molecule has 6 rings (SSSR count). The molecule has 46 heavy (non-hydrogen) atoms. The summed E-state index contributed by atoms with van der Waals surface area (Å²) < 4.78 is 87.0. The van der Waals surface area contributed by atoms with Crippen LogP contribution in [-0.4, -0.2) is 47.0 Å². The summed E-state index contributed by atoms with van der Waals surface area (Å²) >= 11 is 0. The van der Waals surface area contributed by atoms with E-state index in [1.807, 2.05) is 6.92 Å². The van der Waals surface area contributed by atoms with Gasteiger partial charge in [0.2, 0.25) is 8.87 Å². The zero-order chi connectivity index (χ0) is 33.7. The number of carbonyl (C=O) groups excluding carboxylic acids is 1. The lowest BCUT2D eigenvalue weighted by molar-refractivity contribution is -0.252. The van der Waals surface area contributed by atoms with E-state index in [1.165, 1.54) is 18.4 Å². The maximum absolute atomic E-state index is 16.3. The molecule has 250 valence electrons. The van der Waals surface area contributed by atoms with E-state index >= 15 is 4.39 Å². The molecule has 0 amide bonds. The number of carbonyl (C=O) groups is 1. The number of rotatable bonds is 6. The minimum atomic E-state index is -4.19. The number of aryl methyl sites for hydroxylation is 1. The van der Waals surface area contributed by atoms with Crippen molar-refractivity contribution in [3.8, 4) is 0 Å². The Hall–Kier alpha value is -2.56. The number of thiol groups is 1. The first-order chi connectivity index (χ1) is 21.3. The van der Waals surface area contributed by atoms with Crippen molar-refractivity contribution < 1.29 is 35.7 Å². The number of benzene rings is 2. The first kappa shape index (κ1) is 33.3. The van der Waals surface area contributed by atoms with Gasteiger partial charge in [0, 0.05) is 44.8 Å². The summed E-state index contributed by atoms with van der Waals surface area (Å²) in [5.41, 5.74) is -1.86. The molecule has 0 saturated heterocycles. The Morgan fingerprint density at radius 1 is 0.957 bits per heavy atom. The van der Waals surface area contributed by atoms with Gasteiger partial charge in [-0.2, -0.15) is 0 Å². The minimum Gasteiger partial charge on any atom is -0.386 e. The van der Waals surface area contributed by atoms with Crippen LogP contribution in [0, 0.1) is 24.2 Å². The number of hydrogen-bond donors (Lipinski definition) is 2. The normalized spacial score (nSPS) is 31.8. The van der Waals surface area contributed by atoms with Crippen LogP contribution in [0.1, 0.15) is 82.8 Å². The molecule has 0 heterocycles. The zero-order valence-electron chi connectivity index (χ0n) is 26.9. The van der Waals surface area contributed by atoms with Gasteiger partial charge in [-0.25, -0.2) is 21.6 Å². The Bertz CT molecular complexity index is 1800. The fraction of sp³-hybridized carbons (Fsp3) is 0.528. The zero-order valence-corrected chi connectivity index (χ0v) is 28.7. The number of hydrogen-bond acceptors (Lipinski definition) is 5. The first-order valence-corrected chi connectivity index (χ1v) is 20.3. The quantitative estimate of drug-likeness (QED) is 0.246. The Balaban J connectivity index is 1.46. The van der Waals surface area contributed by atoms with Crippen LogP contribution < -0.4 is 0 Å². The molecule has 4 unspecified atom stereocenters. The van der Waals surface area contributed by atoms with Gasteiger partial charge in [0.1, 0.15) is 5.60 Å². The molecule has 10 heteroatoms. The Morgan fingerprint density at radius 3 is 2.20 bits per heavy atom. The van der Waals surface area contributed by atoms with Gasteiger partial charge in [-0.1, -0.05) is 42.3 Å². The Labute approximate surface area is 270 Å². The van der Waals surface area contributed by atoms with Crippen molar-refractivity contribution in [2.75, 3.05) is 6.26 Å². The summed E-state index contributed by atoms with van der Waals surface area (Å²) in [6.45, 7) is 4.93. The van der Waals surface area contributed by atoms with Crippen LogP contribution in [0.5, 0.6) is 0 Å². The molecule has 2 aromatic rings. The molecule has 2 aromatic carbocycles. The van der Waals surface area contributed by atoms with Gasteiger partial charge in [0.15, 0.2) is 11.5 Å². The second kappa shape index (κ2) is 10.7. The van der Waals surface area contributed by atoms with Gasteiger partial charge >= 0.3 is 0 Å². The van der Waals surface area contributed by atoms with Crippen molar-refractivity contribution >= 4 is 23.6 Å². The smallest absolute Gasteiger partial charge is 0.281 e. The third-order valence-electron chi connectivity index (χ3n) is 12.0. The molecule has 0 spiro atoms. The number of ketones is 1. The Kier molecular flexibility index (Phi) is 7.77. The lowest BCUT2D eigenvalue weighted by Crippen LogP contribution is -2.66. The van der Waals surface area contributed by atoms with Crippen molar-refractivity contribution in [2.45, 2.75) is 106 Å². The number of fused-ring (bicyclic) bond motifs is 4. The average Bonchev–Trinajstić information content (AvgIpc) is 3.27. The molecular formula is C36H43F3O5S2. The first-order valence-electron chi connectivity index (χ1n) is 16.0. The number of aliphatic hydroxyl groups is 1. The number of halogens is 3. The van der Waals surface area contributed by atoms with Crippen LogP contribution >= 0.6 is 0 Å². The van der Waals surface area contributed by atoms with E-state index in [4.69, 9.17) is 0 Å². The standard InChI is InChI=1S/C36H43F3O5S2/c1-22-6-12-27(13-7-22)46(43,44)45(5,42)26-14-8-23(9-15-26)30-21-33(2)31(18-19-36(33,41)34(3,37)35(4,38)39)29-16-10-24-20-25(40)11-17-28(24)32(29)30/h6-9,12-15,20,29-31,41,45H,10-11,16-19,21H2,1-5H3/t29?,30-,31?,33?,34?,36+/m1/s1. The summed E-state index contributed by atoms with van der Waals surface area (Å²) in [4.78, 5) is 12.5. The lowest BCUT2D eigenvalue weighted by Gasteiger charge is -2.57. The predicted molar refractivity (Wildman–Crippen MR) is 174 cm³/mol. The fourth-order valence-electron chi connectivity index (χ4n) is 9.13. The van der Waals surface area contributed by atoms with Crippen LogP contribution in [0.15, 0.2) is 81.1 Å². The summed E-state index contributed by atoms with van der Waals surface area (Å²) in [5, 5.41) is 12.1. The molecule has 0 radical (unpaired) electrons. The van der Waals surface area contributed by atoms with Crippen molar-refractivity contribution in [1.82, 2.24) is 0 Å². The number of allylic oxidation sites excluding steroid dienone is 4. The molecule has 5 nitrogen and oxygen atoms in total. The van der Waals surface area contributed by atoms with Gasteiger partial charge in [-0.05, 0) is 111 Å². The van der Waals surface area contributed by atoms with Crippen LogP contribution in [-0.2, 0) is 22.6 Å². The summed E-state index contributed by atoms with van der Waals surface area (Å²) in [7, 11) is -8.15. The molecule has 0 bridgehead atoms. The van der Waals surface area contributed by atoms with Gasteiger partial charge in [-0.3, -0.25) is 9.00 Å². The second-order valence-electron chi connectivity index (χ2n) is 14.5. The topological polar surface area (TPSA) is 88.5 Å². The second-order valence-corrected chi connectivity index (χ2v) is 21.7. The number of alkyl halides is 3. The Morgan fingerprint density at radius 2 is 1.59 bits per heavy atom. The monoisotopic (exact) mass is 676 g/mol. The predicted octanol–water partition coefficient (Wildman–Crippen LogP) is 7.40. The van der Waals surface area contributed by atoms with E-state index in [2.05, 4.69) is 0 Å². The van der Waals surface area contributed by atoms with E-state index in [0.29, 0.717) is 39.0 Å². The highest BCUT2D eigenvalue weighted by Gasteiger charge is 2.73. The molecule has 2 saturated carbocycles. The highest BCUT2D eigenvalue weighted by atomic mass is 33.2. The third kappa shape index (κ3) is 4.67. The van der Waals surface area contributed by atoms with Crippen LogP contribution in [0.3, 0.4) is 0 Å². The maximum atomic E-state index is 16.3. The molecular weight excluding hydrogens is 634 g/mol. The molecule has 4 aliphatic carbocycles. The van der Waals surface area contributed by atoms with Crippen molar-refractivity contribution in [1.29, 1.82) is 0 Å². The van der Waals surface area contributed by atoms with Crippen LogP contribution in [0.25, 0.3) is 0 Å². The minimum absolute atomic E-state index is 0.0232. The highest BCUT2D eigenvalue weighted by Crippen LogP contribution is 2.70. The molecule has 4 aliphatic rings. The molecule has 1 N–H and O–H groups in total. The molecule has 2 fully saturated rings. The third-order valence-corrected chi connectivity index (χ3v) is 19.1. The maximum Gasteiger partial charge on any atom is 0.281 e. The van der Waals surface area contributed by atoms with Gasteiger partial charge in [0.25, 0.3) is 5.92 Å². The van der Waals surface area contributed by atoms with E-state index in [-0.39, 0.29) is 40.3 Å².